The first-order valence-electron chi connectivity index (χ1n) is 5.35. The fourth-order valence-electron chi connectivity index (χ4n) is 1.27. The molecule has 2 atom stereocenters. The molecular weight excluding hydrogens is 287 g/mol. The van der Waals surface area contributed by atoms with Gasteiger partial charge in [-0.25, -0.2) is 4.39 Å². The molecule has 0 aromatic heterocycles. The number of hydrogen-bond donors (Lipinski definition) is 2. The van der Waals surface area contributed by atoms with Gasteiger partial charge in [0.15, 0.2) is 0 Å². The number of aryl methyl sites for hydroxylation is 1. The third kappa shape index (κ3) is 3.51. The molecule has 0 aliphatic heterocycles. The number of halogens is 2. The predicted octanol–water partition coefficient (Wildman–Crippen LogP) is 2.82. The molecule has 0 aliphatic rings. The third-order valence-corrected chi connectivity index (χ3v) is 3.34. The van der Waals surface area contributed by atoms with Crippen molar-refractivity contribution in [1.29, 1.82) is 0 Å². The molecule has 17 heavy (non-hydrogen) atoms. The second-order valence-electron chi connectivity index (χ2n) is 4.22. The van der Waals surface area contributed by atoms with E-state index in [2.05, 4.69) is 21.2 Å². The van der Waals surface area contributed by atoms with Gasteiger partial charge in [-0.2, -0.15) is 0 Å². The number of nitrogens with one attached hydrogen (secondary N) is 1. The van der Waals surface area contributed by atoms with Crippen molar-refractivity contribution in [2.45, 2.75) is 26.8 Å². The summed E-state index contributed by atoms with van der Waals surface area (Å²) in [6, 6.07) is 2.68. The number of anilines is 1. The number of amides is 1. The number of nitrogens with two attached hydrogens (primary N) is 1. The molecule has 1 rings (SSSR count). The summed E-state index contributed by atoms with van der Waals surface area (Å²) >= 11 is 3.09. The maximum absolute atomic E-state index is 13.3. The predicted molar refractivity (Wildman–Crippen MR) is 70.3 cm³/mol. The molecule has 2 unspecified atom stereocenters. The number of carbonyl (C=O) groups excluding carboxylic acids is 1. The first-order chi connectivity index (χ1) is 7.82. The standard InChI is InChI=1S/C12H16BrFN2O/c1-6-4-9(13)10(14)5-11(6)16-12(17)7(2)8(3)15/h4-5,7-8H,15H2,1-3H3,(H,16,17). The van der Waals surface area contributed by atoms with Gasteiger partial charge in [-0.1, -0.05) is 6.92 Å². The Hall–Kier alpha value is -0.940. The molecule has 94 valence electrons. The van der Waals surface area contributed by atoms with E-state index in [9.17, 15) is 9.18 Å². The van der Waals surface area contributed by atoms with Crippen LogP contribution >= 0.6 is 15.9 Å². The van der Waals surface area contributed by atoms with Crippen LogP contribution in [0.4, 0.5) is 10.1 Å². The Bertz CT molecular complexity index is 435. The quantitative estimate of drug-likeness (QED) is 0.902. The smallest absolute Gasteiger partial charge is 0.228 e. The van der Waals surface area contributed by atoms with Crippen molar-refractivity contribution in [3.05, 3.63) is 28.0 Å². The van der Waals surface area contributed by atoms with Gasteiger partial charge in [0, 0.05) is 11.7 Å². The fourth-order valence-corrected chi connectivity index (χ4v) is 1.72. The van der Waals surface area contributed by atoms with E-state index in [1.54, 1.807) is 26.8 Å². The van der Waals surface area contributed by atoms with Crippen LogP contribution in [0.3, 0.4) is 0 Å². The van der Waals surface area contributed by atoms with Crippen molar-refractivity contribution in [2.75, 3.05) is 5.32 Å². The van der Waals surface area contributed by atoms with Crippen molar-refractivity contribution in [2.24, 2.45) is 11.7 Å². The second kappa shape index (κ2) is 5.60. The molecule has 1 amide bonds. The summed E-state index contributed by atoms with van der Waals surface area (Å²) in [7, 11) is 0. The van der Waals surface area contributed by atoms with Crippen molar-refractivity contribution < 1.29 is 9.18 Å². The topological polar surface area (TPSA) is 55.1 Å². The lowest BCUT2D eigenvalue weighted by molar-refractivity contribution is -0.119. The Morgan fingerprint density at radius 1 is 1.47 bits per heavy atom. The molecule has 0 bridgehead atoms. The Morgan fingerprint density at radius 3 is 2.59 bits per heavy atom. The maximum atomic E-state index is 13.3. The Kier molecular flexibility index (Phi) is 4.65. The fraction of sp³-hybridized carbons (Fsp3) is 0.417. The summed E-state index contributed by atoms with van der Waals surface area (Å²) in [6.07, 6.45) is 0. The molecule has 5 heteroatoms. The van der Waals surface area contributed by atoms with Gasteiger partial charge in [0.1, 0.15) is 5.82 Å². The molecule has 1 aromatic carbocycles. The third-order valence-electron chi connectivity index (χ3n) is 2.73. The lowest BCUT2D eigenvalue weighted by Crippen LogP contribution is -2.34. The Labute approximate surface area is 109 Å². The summed E-state index contributed by atoms with van der Waals surface area (Å²) in [5.74, 6) is -0.926. The van der Waals surface area contributed by atoms with Crippen LogP contribution in [0.5, 0.6) is 0 Å². The highest BCUT2D eigenvalue weighted by molar-refractivity contribution is 9.10. The summed E-state index contributed by atoms with van der Waals surface area (Å²) in [5, 5.41) is 2.68. The first kappa shape index (κ1) is 14.1. The first-order valence-corrected chi connectivity index (χ1v) is 6.14. The van der Waals surface area contributed by atoms with Gasteiger partial charge in [0.05, 0.1) is 10.4 Å². The van der Waals surface area contributed by atoms with Crippen LogP contribution < -0.4 is 11.1 Å². The van der Waals surface area contributed by atoms with Gasteiger partial charge >= 0.3 is 0 Å². The minimum absolute atomic E-state index is 0.204. The highest BCUT2D eigenvalue weighted by Crippen LogP contribution is 2.24. The summed E-state index contributed by atoms with van der Waals surface area (Å²) in [6.45, 7) is 5.31. The summed E-state index contributed by atoms with van der Waals surface area (Å²) in [5.41, 5.74) is 6.91. The molecule has 0 fully saturated rings. The Balaban J connectivity index is 2.89. The van der Waals surface area contributed by atoms with Gasteiger partial charge in [0.25, 0.3) is 0 Å². The van der Waals surface area contributed by atoms with E-state index in [1.807, 2.05) is 0 Å². The Morgan fingerprint density at radius 2 is 2.06 bits per heavy atom. The molecule has 3 nitrogen and oxygen atoms in total. The highest BCUT2D eigenvalue weighted by atomic mass is 79.9. The lowest BCUT2D eigenvalue weighted by Gasteiger charge is -2.16. The zero-order valence-corrected chi connectivity index (χ0v) is 11.6. The van der Waals surface area contributed by atoms with Crippen molar-refractivity contribution in [1.82, 2.24) is 0 Å². The van der Waals surface area contributed by atoms with E-state index in [-0.39, 0.29) is 17.9 Å². The molecule has 1 aromatic rings. The molecule has 0 radical (unpaired) electrons. The summed E-state index contributed by atoms with van der Waals surface area (Å²) in [4.78, 5) is 11.8. The molecular formula is C12H16BrFN2O. The maximum Gasteiger partial charge on any atom is 0.228 e. The van der Waals surface area contributed by atoms with E-state index in [0.717, 1.165) is 5.56 Å². The molecule has 0 saturated carbocycles. The van der Waals surface area contributed by atoms with Crippen LogP contribution in [0.1, 0.15) is 19.4 Å². The monoisotopic (exact) mass is 302 g/mol. The number of rotatable bonds is 3. The number of carbonyl (C=O) groups is 1. The average Bonchev–Trinajstić information content (AvgIpc) is 2.24. The average molecular weight is 303 g/mol. The second-order valence-corrected chi connectivity index (χ2v) is 5.07. The molecule has 0 spiro atoms. The highest BCUT2D eigenvalue weighted by Gasteiger charge is 2.18. The van der Waals surface area contributed by atoms with Crippen LogP contribution in [-0.2, 0) is 4.79 Å². The van der Waals surface area contributed by atoms with Crippen molar-refractivity contribution in [3.8, 4) is 0 Å². The van der Waals surface area contributed by atoms with Crippen LogP contribution in [0.2, 0.25) is 0 Å². The molecule has 3 N–H and O–H groups in total. The number of benzene rings is 1. The van der Waals surface area contributed by atoms with Crippen LogP contribution in [0.25, 0.3) is 0 Å². The SMILES string of the molecule is Cc1cc(Br)c(F)cc1NC(=O)C(C)C(C)N. The lowest BCUT2D eigenvalue weighted by atomic mass is 10.0. The van der Waals surface area contributed by atoms with Crippen LogP contribution in [0, 0.1) is 18.7 Å². The van der Waals surface area contributed by atoms with Crippen molar-refractivity contribution in [3.63, 3.8) is 0 Å². The number of hydrogen-bond acceptors (Lipinski definition) is 2. The molecule has 0 saturated heterocycles. The van der Waals surface area contributed by atoms with Gasteiger partial charge in [0.2, 0.25) is 5.91 Å². The molecule has 0 heterocycles. The minimum Gasteiger partial charge on any atom is -0.327 e. The molecule has 0 aliphatic carbocycles. The minimum atomic E-state index is -0.403. The van der Waals surface area contributed by atoms with E-state index in [4.69, 9.17) is 5.73 Å². The largest absolute Gasteiger partial charge is 0.327 e. The zero-order valence-electron chi connectivity index (χ0n) is 10.1. The van der Waals surface area contributed by atoms with Gasteiger partial charge in [-0.05, 0) is 47.5 Å². The zero-order chi connectivity index (χ0) is 13.2. The van der Waals surface area contributed by atoms with Gasteiger partial charge in [-0.3, -0.25) is 4.79 Å². The van der Waals surface area contributed by atoms with Gasteiger partial charge < -0.3 is 11.1 Å². The van der Waals surface area contributed by atoms with E-state index < -0.39 is 5.82 Å². The van der Waals surface area contributed by atoms with Crippen molar-refractivity contribution >= 4 is 27.5 Å². The van der Waals surface area contributed by atoms with Crippen LogP contribution in [0.15, 0.2) is 16.6 Å². The normalized spacial score (nSPS) is 14.2. The summed E-state index contributed by atoms with van der Waals surface area (Å²) < 4.78 is 13.7. The van der Waals surface area contributed by atoms with Crippen LogP contribution in [-0.4, -0.2) is 11.9 Å². The van der Waals surface area contributed by atoms with E-state index in [1.165, 1.54) is 6.07 Å². The van der Waals surface area contributed by atoms with E-state index in [0.29, 0.717) is 10.2 Å². The van der Waals surface area contributed by atoms with Gasteiger partial charge in [-0.15, -0.1) is 0 Å². The van der Waals surface area contributed by atoms with E-state index >= 15 is 0 Å².